The first-order valence-corrected chi connectivity index (χ1v) is 3.76. The second-order valence-corrected chi connectivity index (χ2v) is 3.28. The molecule has 0 N–H and O–H groups in total. The molecule has 0 aromatic carbocycles. The Hall–Kier alpha value is -1.43. The van der Waals surface area contributed by atoms with E-state index in [2.05, 4.69) is 16.0 Å². The zero-order chi connectivity index (χ0) is 9.19. The summed E-state index contributed by atoms with van der Waals surface area (Å²) in [6, 6.07) is 2.17. The third-order valence-corrected chi connectivity index (χ3v) is 1.70. The van der Waals surface area contributed by atoms with Crippen LogP contribution >= 0.6 is 0 Å². The summed E-state index contributed by atoms with van der Waals surface area (Å²) in [7, 11) is 0. The number of hydrogen-bond acceptors (Lipinski definition) is 3. The number of hydrogen-bond donors (Lipinski definition) is 0. The van der Waals surface area contributed by atoms with Gasteiger partial charge in [0.05, 0.1) is 29.1 Å². The molecule has 1 rings (SSSR count). The summed E-state index contributed by atoms with van der Waals surface area (Å²) in [6.45, 7) is 5.52. The molecule has 0 saturated carbocycles. The number of aromatic nitrogens is 2. The van der Waals surface area contributed by atoms with Gasteiger partial charge in [-0.25, -0.2) is 0 Å². The van der Waals surface area contributed by atoms with Crippen LogP contribution in [0.15, 0.2) is 12.4 Å². The van der Waals surface area contributed by atoms with Crippen molar-refractivity contribution in [2.45, 2.75) is 26.2 Å². The quantitative estimate of drug-likeness (QED) is 0.628. The molecule has 0 radical (unpaired) electrons. The SMILES string of the molecule is Cc1cnc(C(C)(C)C#N)cn1. The topological polar surface area (TPSA) is 49.6 Å². The van der Waals surface area contributed by atoms with Gasteiger partial charge in [0, 0.05) is 6.20 Å². The highest BCUT2D eigenvalue weighted by atomic mass is 14.8. The third-order valence-electron chi connectivity index (χ3n) is 1.70. The van der Waals surface area contributed by atoms with Gasteiger partial charge in [0.1, 0.15) is 0 Å². The third kappa shape index (κ3) is 1.59. The fourth-order valence-corrected chi connectivity index (χ4v) is 0.773. The molecule has 0 aliphatic rings. The Morgan fingerprint density at radius 1 is 1.33 bits per heavy atom. The zero-order valence-electron chi connectivity index (χ0n) is 7.50. The zero-order valence-corrected chi connectivity index (χ0v) is 7.50. The molecule has 1 aromatic heterocycles. The van der Waals surface area contributed by atoms with Crippen molar-refractivity contribution >= 4 is 0 Å². The Balaban J connectivity index is 3.07. The van der Waals surface area contributed by atoms with Crippen LogP contribution in [0.1, 0.15) is 25.2 Å². The maximum absolute atomic E-state index is 8.80. The van der Waals surface area contributed by atoms with E-state index < -0.39 is 5.41 Å². The lowest BCUT2D eigenvalue weighted by molar-refractivity contribution is 0.653. The lowest BCUT2D eigenvalue weighted by Crippen LogP contribution is -2.16. The van der Waals surface area contributed by atoms with E-state index in [9.17, 15) is 0 Å². The number of nitriles is 1. The highest BCUT2D eigenvalue weighted by Crippen LogP contribution is 2.18. The summed E-state index contributed by atoms with van der Waals surface area (Å²) in [5.41, 5.74) is 1.05. The Labute approximate surface area is 72.1 Å². The van der Waals surface area contributed by atoms with Crippen molar-refractivity contribution < 1.29 is 0 Å². The number of rotatable bonds is 1. The van der Waals surface area contributed by atoms with Crippen molar-refractivity contribution in [1.82, 2.24) is 9.97 Å². The first kappa shape index (κ1) is 8.66. The molecule has 1 aromatic rings. The van der Waals surface area contributed by atoms with Gasteiger partial charge >= 0.3 is 0 Å². The number of nitrogens with zero attached hydrogens (tertiary/aromatic N) is 3. The normalized spacial score (nSPS) is 10.8. The molecular weight excluding hydrogens is 150 g/mol. The second kappa shape index (κ2) is 2.90. The molecule has 12 heavy (non-hydrogen) atoms. The van der Waals surface area contributed by atoms with Crippen LogP contribution < -0.4 is 0 Å². The van der Waals surface area contributed by atoms with Crippen molar-refractivity contribution in [1.29, 1.82) is 5.26 Å². The minimum atomic E-state index is -0.541. The molecule has 0 fully saturated rings. The average molecular weight is 161 g/mol. The Morgan fingerprint density at radius 3 is 2.42 bits per heavy atom. The van der Waals surface area contributed by atoms with Crippen molar-refractivity contribution in [3.8, 4) is 6.07 Å². The van der Waals surface area contributed by atoms with Gasteiger partial charge in [0.15, 0.2) is 0 Å². The van der Waals surface area contributed by atoms with Crippen LogP contribution in [-0.4, -0.2) is 9.97 Å². The summed E-state index contributed by atoms with van der Waals surface area (Å²) < 4.78 is 0. The van der Waals surface area contributed by atoms with Gasteiger partial charge < -0.3 is 0 Å². The van der Waals surface area contributed by atoms with Gasteiger partial charge in [-0.15, -0.1) is 0 Å². The van der Waals surface area contributed by atoms with Crippen LogP contribution in [0.4, 0.5) is 0 Å². The average Bonchev–Trinajstić information content (AvgIpc) is 2.05. The highest BCUT2D eigenvalue weighted by Gasteiger charge is 2.21. The van der Waals surface area contributed by atoms with Crippen LogP contribution in [-0.2, 0) is 5.41 Å². The smallest absolute Gasteiger partial charge is 0.0952 e. The van der Waals surface area contributed by atoms with E-state index in [1.165, 1.54) is 0 Å². The molecule has 0 amide bonds. The van der Waals surface area contributed by atoms with E-state index in [-0.39, 0.29) is 0 Å². The minimum Gasteiger partial charge on any atom is -0.258 e. The van der Waals surface area contributed by atoms with Gasteiger partial charge in [0.2, 0.25) is 0 Å². The lowest BCUT2D eigenvalue weighted by Gasteiger charge is -2.12. The van der Waals surface area contributed by atoms with Crippen LogP contribution in [0.5, 0.6) is 0 Å². The summed E-state index contributed by atoms with van der Waals surface area (Å²) in [4.78, 5) is 8.22. The fourth-order valence-electron chi connectivity index (χ4n) is 0.773. The van der Waals surface area contributed by atoms with Gasteiger partial charge in [-0.2, -0.15) is 5.26 Å². The molecule has 0 saturated heterocycles. The summed E-state index contributed by atoms with van der Waals surface area (Å²) >= 11 is 0. The molecule has 0 spiro atoms. The fraction of sp³-hybridized carbons (Fsp3) is 0.444. The maximum atomic E-state index is 8.80. The first-order chi connectivity index (χ1) is 5.56. The number of aryl methyl sites for hydroxylation is 1. The van der Waals surface area contributed by atoms with E-state index >= 15 is 0 Å². The molecule has 0 aliphatic heterocycles. The molecule has 0 atom stereocenters. The lowest BCUT2D eigenvalue weighted by atomic mass is 9.92. The van der Waals surface area contributed by atoms with Crippen LogP contribution in [0.2, 0.25) is 0 Å². The van der Waals surface area contributed by atoms with Gasteiger partial charge in [0.25, 0.3) is 0 Å². The van der Waals surface area contributed by atoms with Crippen molar-refractivity contribution in [2.75, 3.05) is 0 Å². The Bertz CT molecular complexity index is 306. The van der Waals surface area contributed by atoms with Crippen LogP contribution in [0.25, 0.3) is 0 Å². The first-order valence-electron chi connectivity index (χ1n) is 3.76. The largest absolute Gasteiger partial charge is 0.258 e. The summed E-state index contributed by atoms with van der Waals surface area (Å²) in [5, 5.41) is 8.80. The minimum absolute atomic E-state index is 0.541. The molecule has 3 heteroatoms. The van der Waals surface area contributed by atoms with E-state index in [0.29, 0.717) is 0 Å². The van der Waals surface area contributed by atoms with E-state index in [1.807, 2.05) is 20.8 Å². The van der Waals surface area contributed by atoms with Crippen molar-refractivity contribution in [2.24, 2.45) is 0 Å². The maximum Gasteiger partial charge on any atom is 0.0952 e. The standard InChI is InChI=1S/C9H11N3/c1-7-4-12-8(5-11-7)9(2,3)6-10/h4-5H,1-3H3. The Kier molecular flexibility index (Phi) is 2.09. The molecule has 3 nitrogen and oxygen atoms in total. The van der Waals surface area contributed by atoms with Crippen molar-refractivity contribution in [3.63, 3.8) is 0 Å². The summed E-state index contributed by atoms with van der Waals surface area (Å²) in [5.74, 6) is 0. The van der Waals surface area contributed by atoms with E-state index in [4.69, 9.17) is 5.26 Å². The van der Waals surface area contributed by atoms with Gasteiger partial charge in [-0.1, -0.05) is 0 Å². The molecule has 0 bridgehead atoms. The molecule has 1 heterocycles. The van der Waals surface area contributed by atoms with Crippen molar-refractivity contribution in [3.05, 3.63) is 23.8 Å². The molecule has 62 valence electrons. The Morgan fingerprint density at radius 2 is 2.00 bits per heavy atom. The second-order valence-electron chi connectivity index (χ2n) is 3.28. The predicted molar refractivity (Wildman–Crippen MR) is 45.4 cm³/mol. The molecular formula is C9H11N3. The van der Waals surface area contributed by atoms with E-state index in [0.717, 1.165) is 11.4 Å². The predicted octanol–water partition coefficient (Wildman–Crippen LogP) is 1.59. The monoisotopic (exact) mass is 161 g/mol. The van der Waals surface area contributed by atoms with Crippen LogP contribution in [0.3, 0.4) is 0 Å². The van der Waals surface area contributed by atoms with Gasteiger partial charge in [-0.3, -0.25) is 9.97 Å². The highest BCUT2D eigenvalue weighted by molar-refractivity contribution is 5.20. The summed E-state index contributed by atoms with van der Waals surface area (Å²) in [6.07, 6.45) is 3.33. The van der Waals surface area contributed by atoms with Gasteiger partial charge in [-0.05, 0) is 20.8 Å². The molecule has 0 unspecified atom stereocenters. The van der Waals surface area contributed by atoms with Crippen LogP contribution in [0, 0.1) is 18.3 Å². The molecule has 0 aliphatic carbocycles. The van der Waals surface area contributed by atoms with E-state index in [1.54, 1.807) is 12.4 Å².